The molecule has 160 valence electrons. The molecule has 1 aliphatic heterocycles. The van der Waals surface area contributed by atoms with Crippen molar-refractivity contribution in [3.8, 4) is 0 Å². The van der Waals surface area contributed by atoms with Gasteiger partial charge in [-0.2, -0.15) is 0 Å². The van der Waals surface area contributed by atoms with Gasteiger partial charge >= 0.3 is 0 Å². The topological polar surface area (TPSA) is 62.2 Å². The molecule has 1 fully saturated rings. The van der Waals surface area contributed by atoms with E-state index in [2.05, 4.69) is 45.8 Å². The van der Waals surface area contributed by atoms with Crippen molar-refractivity contribution in [3.05, 3.63) is 89.3 Å². The van der Waals surface area contributed by atoms with Gasteiger partial charge in [-0.1, -0.05) is 12.1 Å². The molecule has 31 heavy (non-hydrogen) atoms. The molecule has 4 heterocycles. The number of carbonyl (C=O) groups excluding carboxylic acids is 1. The molecular weight excluding hydrogens is 386 g/mol. The van der Waals surface area contributed by atoms with E-state index in [0.717, 1.165) is 50.4 Å². The lowest BCUT2D eigenvalue weighted by Gasteiger charge is -2.38. The molecule has 6 nitrogen and oxygen atoms in total. The third kappa shape index (κ3) is 5.14. The van der Waals surface area contributed by atoms with E-state index < -0.39 is 0 Å². The summed E-state index contributed by atoms with van der Waals surface area (Å²) in [4.78, 5) is 30.6. The van der Waals surface area contributed by atoms with Crippen molar-refractivity contribution in [3.63, 3.8) is 0 Å². The second-order valence-corrected chi connectivity index (χ2v) is 8.20. The highest BCUT2D eigenvalue weighted by Crippen LogP contribution is 2.23. The van der Waals surface area contributed by atoms with Crippen LogP contribution < -0.4 is 0 Å². The molecule has 3 aromatic rings. The zero-order valence-corrected chi connectivity index (χ0v) is 18.2. The van der Waals surface area contributed by atoms with Gasteiger partial charge in [-0.05, 0) is 62.1 Å². The predicted octanol–water partition coefficient (Wildman–Crippen LogP) is 3.80. The normalized spacial score (nSPS) is 14.7. The Hall–Kier alpha value is -3.12. The van der Waals surface area contributed by atoms with Crippen molar-refractivity contribution in [1.82, 2.24) is 24.8 Å². The van der Waals surface area contributed by atoms with Crippen LogP contribution in [-0.2, 0) is 13.1 Å². The first kappa shape index (κ1) is 21.1. The Bertz CT molecular complexity index is 968. The first-order valence-corrected chi connectivity index (χ1v) is 10.9. The van der Waals surface area contributed by atoms with E-state index in [1.807, 2.05) is 41.6 Å². The molecular formula is C25H29N5O. The average Bonchev–Trinajstić information content (AvgIpc) is 2.81. The molecule has 0 aliphatic carbocycles. The Balaban J connectivity index is 1.48. The zero-order chi connectivity index (χ0) is 21.6. The molecule has 6 heteroatoms. The highest BCUT2D eigenvalue weighted by Gasteiger charge is 2.28. The summed E-state index contributed by atoms with van der Waals surface area (Å²) in [5.41, 5.74) is 5.27. The Morgan fingerprint density at radius 1 is 0.935 bits per heavy atom. The Kier molecular flexibility index (Phi) is 6.67. The van der Waals surface area contributed by atoms with E-state index in [1.165, 1.54) is 11.1 Å². The highest BCUT2D eigenvalue weighted by molar-refractivity contribution is 5.93. The number of likely N-dealkylation sites (tertiary alicyclic amines) is 1. The fourth-order valence-corrected chi connectivity index (χ4v) is 4.17. The molecule has 0 N–H and O–H groups in total. The molecule has 0 radical (unpaired) electrons. The maximum atomic E-state index is 12.8. The van der Waals surface area contributed by atoms with Crippen LogP contribution >= 0.6 is 0 Å². The van der Waals surface area contributed by atoms with E-state index in [9.17, 15) is 4.79 Å². The van der Waals surface area contributed by atoms with Crippen molar-refractivity contribution in [2.24, 2.45) is 0 Å². The lowest BCUT2D eigenvalue weighted by atomic mass is 10.0. The smallest absolute Gasteiger partial charge is 0.255 e. The summed E-state index contributed by atoms with van der Waals surface area (Å²) in [6, 6.07) is 12.2. The predicted molar refractivity (Wildman–Crippen MR) is 120 cm³/mol. The summed E-state index contributed by atoms with van der Waals surface area (Å²) in [7, 11) is 0. The molecule has 1 aliphatic rings. The van der Waals surface area contributed by atoms with Gasteiger partial charge in [0.05, 0.1) is 17.0 Å². The number of nitrogens with zero attached hydrogens (tertiary/aromatic N) is 5. The van der Waals surface area contributed by atoms with E-state index in [-0.39, 0.29) is 5.91 Å². The van der Waals surface area contributed by atoms with Crippen LogP contribution in [0.1, 0.15) is 45.7 Å². The van der Waals surface area contributed by atoms with Crippen molar-refractivity contribution in [1.29, 1.82) is 0 Å². The van der Waals surface area contributed by atoms with Gasteiger partial charge in [0, 0.05) is 57.0 Å². The average molecular weight is 416 g/mol. The van der Waals surface area contributed by atoms with Crippen LogP contribution in [0.5, 0.6) is 0 Å². The number of pyridine rings is 3. The summed E-state index contributed by atoms with van der Waals surface area (Å²) in [5, 5.41) is 0. The van der Waals surface area contributed by atoms with Crippen LogP contribution in [0.15, 0.2) is 61.2 Å². The van der Waals surface area contributed by atoms with E-state index in [1.54, 1.807) is 12.4 Å². The summed E-state index contributed by atoms with van der Waals surface area (Å²) in [5.74, 6) is 0.0687. The molecule has 0 atom stereocenters. The van der Waals surface area contributed by atoms with Gasteiger partial charge in [0.2, 0.25) is 0 Å². The Morgan fingerprint density at radius 2 is 1.52 bits per heavy atom. The molecule has 0 bridgehead atoms. The van der Waals surface area contributed by atoms with Crippen molar-refractivity contribution in [2.45, 2.75) is 45.8 Å². The van der Waals surface area contributed by atoms with Crippen LogP contribution in [0.3, 0.4) is 0 Å². The third-order valence-corrected chi connectivity index (χ3v) is 6.12. The van der Waals surface area contributed by atoms with Gasteiger partial charge in [0.15, 0.2) is 0 Å². The number of aryl methyl sites for hydroxylation is 2. The molecule has 1 amide bonds. The fourth-order valence-electron chi connectivity index (χ4n) is 4.17. The minimum atomic E-state index is 0.0687. The van der Waals surface area contributed by atoms with Crippen molar-refractivity contribution >= 4 is 5.91 Å². The SMILES string of the molecule is Cc1cccnc1CN(Cc1ncccc1C)C1CCN(C(=O)c2cccnc2)CC1. The molecule has 0 aromatic carbocycles. The maximum Gasteiger partial charge on any atom is 0.255 e. The second-order valence-electron chi connectivity index (χ2n) is 8.20. The number of carbonyl (C=O) groups is 1. The van der Waals surface area contributed by atoms with Gasteiger partial charge in [0.25, 0.3) is 5.91 Å². The number of rotatable bonds is 6. The maximum absolute atomic E-state index is 12.8. The van der Waals surface area contributed by atoms with E-state index in [4.69, 9.17) is 0 Å². The third-order valence-electron chi connectivity index (χ3n) is 6.12. The van der Waals surface area contributed by atoms with Crippen molar-refractivity contribution < 1.29 is 4.79 Å². The first-order chi connectivity index (χ1) is 15.1. The summed E-state index contributed by atoms with van der Waals surface area (Å²) in [6.07, 6.45) is 8.94. The van der Waals surface area contributed by atoms with E-state index in [0.29, 0.717) is 11.6 Å². The quantitative estimate of drug-likeness (QED) is 0.613. The summed E-state index contributed by atoms with van der Waals surface area (Å²) in [6.45, 7) is 7.28. The van der Waals surface area contributed by atoms with E-state index >= 15 is 0 Å². The second kappa shape index (κ2) is 9.79. The van der Waals surface area contributed by atoms with Gasteiger partial charge < -0.3 is 4.90 Å². The minimum Gasteiger partial charge on any atom is -0.338 e. The van der Waals surface area contributed by atoms with Crippen molar-refractivity contribution in [2.75, 3.05) is 13.1 Å². The number of aromatic nitrogens is 3. The lowest BCUT2D eigenvalue weighted by molar-refractivity contribution is 0.0589. The monoisotopic (exact) mass is 415 g/mol. The Labute approximate surface area is 184 Å². The molecule has 3 aromatic heterocycles. The fraction of sp³-hybridized carbons (Fsp3) is 0.360. The van der Waals surface area contributed by atoms with Crippen LogP contribution in [0.4, 0.5) is 0 Å². The molecule has 0 spiro atoms. The van der Waals surface area contributed by atoms with Crippen LogP contribution in [-0.4, -0.2) is 49.8 Å². The zero-order valence-electron chi connectivity index (χ0n) is 18.2. The van der Waals surface area contributed by atoms with Gasteiger partial charge in [-0.15, -0.1) is 0 Å². The van der Waals surface area contributed by atoms with Gasteiger partial charge in [-0.3, -0.25) is 24.6 Å². The Morgan fingerprint density at radius 3 is 2.03 bits per heavy atom. The summed E-state index contributed by atoms with van der Waals surface area (Å²) < 4.78 is 0. The minimum absolute atomic E-state index is 0.0687. The molecule has 0 unspecified atom stereocenters. The molecule has 1 saturated heterocycles. The number of amides is 1. The van der Waals surface area contributed by atoms with Crippen LogP contribution in [0.25, 0.3) is 0 Å². The highest BCUT2D eigenvalue weighted by atomic mass is 16.2. The number of hydrogen-bond acceptors (Lipinski definition) is 5. The number of hydrogen-bond donors (Lipinski definition) is 0. The van der Waals surface area contributed by atoms with Crippen LogP contribution in [0, 0.1) is 13.8 Å². The first-order valence-electron chi connectivity index (χ1n) is 10.9. The van der Waals surface area contributed by atoms with Gasteiger partial charge in [-0.25, -0.2) is 0 Å². The standard InChI is InChI=1S/C25H29N5O/c1-19-6-3-12-27-23(19)17-30(18-24-20(2)7-4-13-28-24)22-9-14-29(15-10-22)25(31)21-8-5-11-26-16-21/h3-8,11-13,16,22H,9-10,14-15,17-18H2,1-2H3. The summed E-state index contributed by atoms with van der Waals surface area (Å²) >= 11 is 0. The van der Waals surface area contributed by atoms with Gasteiger partial charge in [0.1, 0.15) is 0 Å². The molecule has 4 rings (SSSR count). The van der Waals surface area contributed by atoms with Crippen LogP contribution in [0.2, 0.25) is 0 Å². The largest absolute Gasteiger partial charge is 0.338 e. The molecule has 0 saturated carbocycles. The lowest BCUT2D eigenvalue weighted by Crippen LogP contribution is -2.46. The number of piperidine rings is 1.